The van der Waals surface area contributed by atoms with E-state index in [4.69, 9.17) is 15.2 Å². The molecular formula is C24H29F3N2O4. The van der Waals surface area contributed by atoms with Gasteiger partial charge in [-0.2, -0.15) is 13.2 Å². The predicted octanol–water partition coefficient (Wildman–Crippen LogP) is 3.83. The molecular weight excluding hydrogens is 437 g/mol. The van der Waals surface area contributed by atoms with Crippen molar-refractivity contribution in [2.75, 3.05) is 26.4 Å². The highest BCUT2D eigenvalue weighted by Gasteiger charge is 2.46. The third-order valence-corrected chi connectivity index (χ3v) is 5.71. The number of ketones is 1. The maximum atomic E-state index is 14.0. The van der Waals surface area contributed by atoms with Crippen LogP contribution in [0.4, 0.5) is 13.2 Å². The molecule has 1 atom stereocenters. The van der Waals surface area contributed by atoms with Gasteiger partial charge in [-0.15, -0.1) is 0 Å². The number of Topliss-reactive ketones (excluding diaryl/α,β-unsaturated/α-hetero) is 1. The van der Waals surface area contributed by atoms with Crippen LogP contribution in [-0.2, 0) is 25.2 Å². The summed E-state index contributed by atoms with van der Waals surface area (Å²) in [6, 6.07) is 5.03. The molecule has 0 aromatic heterocycles. The molecule has 1 aliphatic heterocycles. The maximum Gasteiger partial charge on any atom is 0.416 e. The minimum Gasteiger partial charge on any atom is -0.463 e. The first-order chi connectivity index (χ1) is 15.5. The molecule has 0 bridgehead atoms. The van der Waals surface area contributed by atoms with E-state index in [0.717, 1.165) is 6.07 Å². The molecule has 33 heavy (non-hydrogen) atoms. The molecule has 0 spiro atoms. The lowest BCUT2D eigenvalue weighted by Gasteiger charge is -2.40. The number of nitrogens with one attached hydrogen (secondary N) is 1. The molecule has 6 nitrogen and oxygen atoms in total. The lowest BCUT2D eigenvalue weighted by atomic mass is 9.68. The second-order valence-electron chi connectivity index (χ2n) is 8.93. The zero-order valence-corrected chi connectivity index (χ0v) is 19.0. The Morgan fingerprint density at radius 1 is 1.24 bits per heavy atom. The average Bonchev–Trinajstić information content (AvgIpc) is 2.71. The summed E-state index contributed by atoms with van der Waals surface area (Å²) < 4.78 is 52.7. The summed E-state index contributed by atoms with van der Waals surface area (Å²) >= 11 is 0. The van der Waals surface area contributed by atoms with E-state index in [2.05, 4.69) is 5.32 Å². The van der Waals surface area contributed by atoms with E-state index in [9.17, 15) is 22.8 Å². The first-order valence-corrected chi connectivity index (χ1v) is 10.9. The number of rotatable bonds is 7. The number of nitrogens with two attached hydrogens (primary N) is 1. The minimum absolute atomic E-state index is 0.0276. The van der Waals surface area contributed by atoms with Crippen molar-refractivity contribution in [2.45, 2.75) is 45.7 Å². The molecule has 0 saturated carbocycles. The van der Waals surface area contributed by atoms with Crippen molar-refractivity contribution in [1.82, 2.24) is 5.32 Å². The number of esters is 1. The summed E-state index contributed by atoms with van der Waals surface area (Å²) in [4.78, 5) is 26.4. The van der Waals surface area contributed by atoms with Crippen molar-refractivity contribution >= 4 is 11.8 Å². The molecule has 0 radical (unpaired) electrons. The van der Waals surface area contributed by atoms with Crippen LogP contribution in [0.15, 0.2) is 46.8 Å². The van der Waals surface area contributed by atoms with Gasteiger partial charge in [-0.3, -0.25) is 4.79 Å². The Hall–Kier alpha value is -2.65. The highest BCUT2D eigenvalue weighted by molar-refractivity contribution is 6.04. The molecule has 3 N–H and O–H groups in total. The molecule has 9 heteroatoms. The van der Waals surface area contributed by atoms with E-state index in [1.165, 1.54) is 18.2 Å². The molecule has 1 aliphatic carbocycles. The molecule has 1 unspecified atom stereocenters. The Morgan fingerprint density at radius 2 is 1.94 bits per heavy atom. The average molecular weight is 467 g/mol. The third kappa shape index (κ3) is 5.30. The Morgan fingerprint density at radius 3 is 2.58 bits per heavy atom. The van der Waals surface area contributed by atoms with E-state index < -0.39 is 23.6 Å². The van der Waals surface area contributed by atoms with Crippen molar-refractivity contribution in [3.8, 4) is 0 Å². The second-order valence-corrected chi connectivity index (χ2v) is 8.93. The number of carbonyl (C=O) groups excluding carboxylic acids is 2. The summed E-state index contributed by atoms with van der Waals surface area (Å²) in [5.41, 5.74) is 4.98. The van der Waals surface area contributed by atoms with Crippen molar-refractivity contribution in [1.29, 1.82) is 0 Å². The Bertz CT molecular complexity index is 996. The fraction of sp³-hybridized carbons (Fsp3) is 0.500. The summed E-state index contributed by atoms with van der Waals surface area (Å²) in [6.07, 6.45) is -4.07. The van der Waals surface area contributed by atoms with Gasteiger partial charge in [-0.1, -0.05) is 32.0 Å². The van der Waals surface area contributed by atoms with Crippen molar-refractivity contribution in [3.63, 3.8) is 0 Å². The van der Waals surface area contributed by atoms with E-state index in [0.29, 0.717) is 12.1 Å². The summed E-state index contributed by atoms with van der Waals surface area (Å²) in [7, 11) is 0. The molecule has 3 rings (SSSR count). The van der Waals surface area contributed by atoms with Gasteiger partial charge in [0.05, 0.1) is 36.7 Å². The number of carbonyl (C=O) groups is 2. The Balaban J connectivity index is 2.28. The predicted molar refractivity (Wildman–Crippen MR) is 116 cm³/mol. The van der Waals surface area contributed by atoms with E-state index in [1.54, 1.807) is 6.92 Å². The number of alkyl halides is 3. The summed E-state index contributed by atoms with van der Waals surface area (Å²) in [5, 5.41) is 3.14. The number of allylic oxidation sites excluding steroid dienone is 2. The molecule has 2 aliphatic rings. The topological polar surface area (TPSA) is 90.7 Å². The van der Waals surface area contributed by atoms with Crippen molar-refractivity contribution < 1.29 is 32.2 Å². The van der Waals surface area contributed by atoms with Crippen LogP contribution in [0.3, 0.4) is 0 Å². The first-order valence-electron chi connectivity index (χ1n) is 10.9. The lowest BCUT2D eigenvalue weighted by Crippen LogP contribution is -2.40. The van der Waals surface area contributed by atoms with E-state index in [-0.39, 0.29) is 66.4 Å². The standard InChI is InChI=1S/C24H29F3N2O4/c1-4-33-22(31)21-17(13-32-10-9-28)29-16-11-23(2,3)12-18(30)20(16)19(21)14-7-5-6-8-15(14)24(25,26)27/h5-8,19,29H,4,9-13,28H2,1-3H3. The number of hydrogen-bond donors (Lipinski definition) is 2. The Kier molecular flexibility index (Phi) is 7.33. The van der Waals surface area contributed by atoms with Crippen LogP contribution >= 0.6 is 0 Å². The quantitative estimate of drug-likeness (QED) is 0.469. The van der Waals surface area contributed by atoms with Gasteiger partial charge in [0.1, 0.15) is 0 Å². The van der Waals surface area contributed by atoms with Gasteiger partial charge < -0.3 is 20.5 Å². The van der Waals surface area contributed by atoms with Crippen LogP contribution in [0.25, 0.3) is 0 Å². The minimum atomic E-state index is -4.67. The fourth-order valence-electron chi connectivity index (χ4n) is 4.49. The van der Waals surface area contributed by atoms with Crippen LogP contribution < -0.4 is 11.1 Å². The SMILES string of the molecule is CCOC(=O)C1=C(COCCN)NC2=C(C(=O)CC(C)(C)C2)C1c1ccccc1C(F)(F)F. The number of hydrogen-bond acceptors (Lipinski definition) is 6. The van der Waals surface area contributed by atoms with Gasteiger partial charge in [0.25, 0.3) is 0 Å². The van der Waals surface area contributed by atoms with Crippen LogP contribution in [0, 0.1) is 5.41 Å². The largest absolute Gasteiger partial charge is 0.463 e. The monoisotopic (exact) mass is 466 g/mol. The molecule has 1 aromatic carbocycles. The third-order valence-electron chi connectivity index (χ3n) is 5.71. The van der Waals surface area contributed by atoms with Crippen LogP contribution in [0.2, 0.25) is 0 Å². The summed E-state index contributed by atoms with van der Waals surface area (Å²) in [5.74, 6) is -2.31. The van der Waals surface area contributed by atoms with Gasteiger partial charge in [-0.25, -0.2) is 4.79 Å². The molecule has 0 saturated heterocycles. The normalized spacial score (nSPS) is 20.5. The second kappa shape index (κ2) is 9.69. The number of dihydropyridines is 1. The van der Waals surface area contributed by atoms with E-state index >= 15 is 0 Å². The van der Waals surface area contributed by atoms with Crippen molar-refractivity contribution in [3.05, 3.63) is 57.9 Å². The number of halogens is 3. The smallest absolute Gasteiger partial charge is 0.416 e. The first kappa shape index (κ1) is 25.0. The number of benzene rings is 1. The zero-order valence-electron chi connectivity index (χ0n) is 19.0. The van der Waals surface area contributed by atoms with Gasteiger partial charge in [0.2, 0.25) is 0 Å². The Labute approximate surface area is 191 Å². The molecule has 1 aromatic rings. The zero-order chi connectivity index (χ0) is 24.4. The number of ether oxygens (including phenoxy) is 2. The van der Waals surface area contributed by atoms with Gasteiger partial charge in [0, 0.05) is 30.2 Å². The highest BCUT2D eigenvalue weighted by atomic mass is 19.4. The van der Waals surface area contributed by atoms with Crippen LogP contribution in [-0.4, -0.2) is 38.1 Å². The lowest BCUT2D eigenvalue weighted by molar-refractivity contribution is -0.140. The van der Waals surface area contributed by atoms with E-state index in [1.807, 2.05) is 13.8 Å². The van der Waals surface area contributed by atoms with Gasteiger partial charge in [-0.05, 0) is 30.4 Å². The van der Waals surface area contributed by atoms with Gasteiger partial charge >= 0.3 is 12.1 Å². The van der Waals surface area contributed by atoms with Crippen molar-refractivity contribution in [2.24, 2.45) is 11.1 Å². The fourth-order valence-corrected chi connectivity index (χ4v) is 4.49. The van der Waals surface area contributed by atoms with Crippen LogP contribution in [0.1, 0.15) is 50.7 Å². The van der Waals surface area contributed by atoms with Crippen LogP contribution in [0.5, 0.6) is 0 Å². The maximum absolute atomic E-state index is 14.0. The highest BCUT2D eigenvalue weighted by Crippen LogP contribution is 2.49. The molecule has 0 amide bonds. The molecule has 0 fully saturated rings. The molecule has 180 valence electrons. The molecule has 1 heterocycles. The summed E-state index contributed by atoms with van der Waals surface area (Å²) in [6.45, 7) is 5.83. The van der Waals surface area contributed by atoms with Gasteiger partial charge in [0.15, 0.2) is 5.78 Å².